The van der Waals surface area contributed by atoms with Crippen molar-refractivity contribution < 1.29 is 33.5 Å². The van der Waals surface area contributed by atoms with Crippen molar-refractivity contribution in [3.8, 4) is 0 Å². The number of aryl methyl sites for hydroxylation is 1. The Morgan fingerprint density at radius 3 is 2.41 bits per heavy atom. The number of aromatic amines is 1. The molecule has 1 saturated heterocycles. The third-order valence-electron chi connectivity index (χ3n) is 9.58. The molecule has 5 N–H and O–H groups in total. The van der Waals surface area contributed by atoms with Crippen LogP contribution in [0.5, 0.6) is 0 Å². The number of nitrogens with zero attached hydrogens (tertiary/aromatic N) is 1. The maximum absolute atomic E-state index is 14.4. The number of thiophene rings is 1. The van der Waals surface area contributed by atoms with E-state index >= 15 is 0 Å². The Labute approximate surface area is 336 Å². The topological polar surface area (TPSA) is 179 Å². The van der Waals surface area contributed by atoms with Gasteiger partial charge in [0.2, 0.25) is 29.5 Å². The summed E-state index contributed by atoms with van der Waals surface area (Å²) in [5.74, 6) is -3.66. The number of piperidine rings is 1. The number of aromatic nitrogens is 1. The van der Waals surface area contributed by atoms with Crippen molar-refractivity contribution in [3.05, 3.63) is 93.5 Å². The summed E-state index contributed by atoms with van der Waals surface area (Å²) in [5, 5.41) is 15.2. The first-order chi connectivity index (χ1) is 27.0. The van der Waals surface area contributed by atoms with E-state index in [1.807, 2.05) is 67.1 Å². The van der Waals surface area contributed by atoms with Crippen LogP contribution < -0.4 is 21.3 Å². The molecule has 3 aromatic rings. The van der Waals surface area contributed by atoms with Crippen LogP contribution in [0.3, 0.4) is 0 Å². The van der Waals surface area contributed by atoms with Crippen molar-refractivity contribution in [2.75, 3.05) is 19.5 Å². The number of nitrogens with one attached hydrogen (secondary N) is 5. The Hall–Kier alpha value is -5.21. The summed E-state index contributed by atoms with van der Waals surface area (Å²) in [6.07, 6.45) is 8.74. The van der Waals surface area contributed by atoms with Crippen LogP contribution in [-0.4, -0.2) is 89.1 Å². The first kappa shape index (κ1) is 43.5. The summed E-state index contributed by atoms with van der Waals surface area (Å²) in [4.78, 5) is 85.2. The lowest BCUT2D eigenvalue weighted by molar-refractivity contribution is -0.146. The largest absolute Gasteiger partial charge is 0.469 e. The third-order valence-corrected chi connectivity index (χ3v) is 10.6. The Bertz CT molecular complexity index is 1860. The van der Waals surface area contributed by atoms with Crippen LogP contribution in [0.1, 0.15) is 72.5 Å². The molecule has 300 valence electrons. The minimum Gasteiger partial charge on any atom is -0.469 e. The minimum absolute atomic E-state index is 0.0476. The van der Waals surface area contributed by atoms with Crippen LogP contribution in [0.25, 0.3) is 12.2 Å². The summed E-state index contributed by atoms with van der Waals surface area (Å²) in [6, 6.07) is 5.40. The Morgan fingerprint density at radius 2 is 1.75 bits per heavy atom. The molecule has 3 heterocycles. The van der Waals surface area contributed by atoms with Gasteiger partial charge in [0.25, 0.3) is 0 Å². The van der Waals surface area contributed by atoms with Gasteiger partial charge >= 0.3 is 5.97 Å². The summed E-state index contributed by atoms with van der Waals surface area (Å²) in [6.45, 7) is 8.20. The van der Waals surface area contributed by atoms with Gasteiger partial charge in [0, 0.05) is 49.8 Å². The zero-order valence-corrected chi connectivity index (χ0v) is 33.6. The predicted molar refractivity (Wildman–Crippen MR) is 217 cm³/mol. The number of carbonyl (C=O) groups is 6. The van der Waals surface area contributed by atoms with Gasteiger partial charge in [-0.25, -0.2) is 0 Å². The predicted octanol–water partition coefficient (Wildman–Crippen LogP) is 4.19. The van der Waals surface area contributed by atoms with Crippen molar-refractivity contribution in [1.82, 2.24) is 31.2 Å². The highest BCUT2D eigenvalue weighted by Crippen LogP contribution is 2.22. The number of allylic oxidation sites excluding steroid dienone is 1. The number of hydrogen-bond acceptors (Lipinski definition) is 8. The third kappa shape index (κ3) is 12.4. The second-order valence-corrected chi connectivity index (χ2v) is 14.7. The molecule has 15 heteroatoms. The van der Waals surface area contributed by atoms with E-state index in [9.17, 15) is 28.8 Å². The molecule has 2 aromatic heterocycles. The highest BCUT2D eigenvalue weighted by molar-refractivity contribution is 7.07. The Kier molecular flexibility index (Phi) is 16.9. The zero-order valence-electron chi connectivity index (χ0n) is 32.0. The molecule has 4 rings (SSSR count). The number of halogens is 1. The molecule has 5 amide bonds. The van der Waals surface area contributed by atoms with E-state index < -0.39 is 59.6 Å². The zero-order chi connectivity index (χ0) is 40.6. The van der Waals surface area contributed by atoms with Crippen molar-refractivity contribution in [3.63, 3.8) is 0 Å². The lowest BCUT2D eigenvalue weighted by Gasteiger charge is -2.37. The van der Waals surface area contributed by atoms with Gasteiger partial charge in [0.1, 0.15) is 30.0 Å². The summed E-state index contributed by atoms with van der Waals surface area (Å²) in [5.41, 5.74) is 5.10. The number of hydrogen-bond donors (Lipinski definition) is 5. The molecule has 56 heavy (non-hydrogen) atoms. The van der Waals surface area contributed by atoms with Crippen molar-refractivity contribution in [2.45, 2.75) is 89.5 Å². The number of H-pyrrole nitrogens is 1. The normalized spacial score (nSPS) is 15.6. The maximum Gasteiger partial charge on any atom is 0.305 e. The average Bonchev–Trinajstić information content (AvgIpc) is 3.87. The number of likely N-dealkylation sites (tertiary alicyclic amines) is 1. The van der Waals surface area contributed by atoms with Gasteiger partial charge in [-0.3, -0.25) is 28.8 Å². The first-order valence-corrected chi connectivity index (χ1v) is 20.1. The van der Waals surface area contributed by atoms with E-state index in [1.54, 1.807) is 12.3 Å². The van der Waals surface area contributed by atoms with Crippen LogP contribution in [0.15, 0.2) is 59.9 Å². The number of alkyl halides is 1. The van der Waals surface area contributed by atoms with Gasteiger partial charge in [-0.2, -0.15) is 11.3 Å². The summed E-state index contributed by atoms with van der Waals surface area (Å²) in [7, 11) is 1.23. The van der Waals surface area contributed by atoms with Gasteiger partial charge in [0.05, 0.1) is 7.11 Å². The number of esters is 1. The second kappa shape index (κ2) is 21.8. The lowest BCUT2D eigenvalue weighted by Crippen LogP contribution is -2.61. The van der Waals surface area contributed by atoms with Gasteiger partial charge in [-0.15, -0.1) is 11.6 Å². The van der Waals surface area contributed by atoms with E-state index in [0.29, 0.717) is 19.3 Å². The fourth-order valence-corrected chi connectivity index (χ4v) is 7.32. The van der Waals surface area contributed by atoms with Gasteiger partial charge < -0.3 is 35.9 Å². The van der Waals surface area contributed by atoms with Gasteiger partial charge in [-0.05, 0) is 79.1 Å². The van der Waals surface area contributed by atoms with E-state index in [-0.39, 0.29) is 44.7 Å². The van der Waals surface area contributed by atoms with Crippen molar-refractivity contribution in [2.24, 2.45) is 0 Å². The van der Waals surface area contributed by atoms with Crippen LogP contribution in [0, 0.1) is 6.92 Å². The van der Waals surface area contributed by atoms with Gasteiger partial charge in [-0.1, -0.05) is 48.6 Å². The number of carbonyl (C=O) groups excluding carboxylic acids is 6. The van der Waals surface area contributed by atoms with Gasteiger partial charge in [0.15, 0.2) is 0 Å². The fraction of sp³-hybridized carbons (Fsp3) is 0.415. The molecule has 4 atom stereocenters. The van der Waals surface area contributed by atoms with Crippen molar-refractivity contribution in [1.29, 1.82) is 0 Å². The molecule has 0 bridgehead atoms. The van der Waals surface area contributed by atoms with E-state index in [1.165, 1.54) is 23.3 Å². The lowest BCUT2D eigenvalue weighted by atomic mass is 9.97. The number of amides is 5. The molecule has 1 aliphatic heterocycles. The summed E-state index contributed by atoms with van der Waals surface area (Å²) < 4.78 is 4.73. The average molecular weight is 807 g/mol. The first-order valence-electron chi connectivity index (χ1n) is 18.6. The maximum atomic E-state index is 14.4. The Morgan fingerprint density at radius 1 is 1.00 bits per heavy atom. The quantitative estimate of drug-likeness (QED) is 0.0891. The summed E-state index contributed by atoms with van der Waals surface area (Å²) >= 11 is 7.21. The van der Waals surface area contributed by atoms with Crippen LogP contribution in [-0.2, 0) is 52.9 Å². The van der Waals surface area contributed by atoms with E-state index in [0.717, 1.165) is 33.5 Å². The molecule has 0 aliphatic carbocycles. The highest BCUT2D eigenvalue weighted by Gasteiger charge is 2.38. The molecule has 0 saturated carbocycles. The fourth-order valence-electron chi connectivity index (χ4n) is 6.56. The number of ether oxygens (including phenoxy) is 1. The molecule has 1 aromatic carbocycles. The molecule has 0 radical (unpaired) electrons. The van der Waals surface area contributed by atoms with Crippen LogP contribution >= 0.6 is 22.9 Å². The molecule has 0 unspecified atom stereocenters. The highest BCUT2D eigenvalue weighted by atomic mass is 35.5. The molecule has 0 spiro atoms. The monoisotopic (exact) mass is 806 g/mol. The SMILES string of the molecule is C=Cc1[nH]cc(C[C@H](NC(=O)[C@@H]2CCCCN2C(=O)[C@H](CCC(=O)OC)NC(=O)CCl)C(=O)N[C@@H](Cc2ccsc2)C(=O)NCc2ccc(C)cc2)c1/C=C\C. The minimum atomic E-state index is -1.17. The van der Waals surface area contributed by atoms with Crippen molar-refractivity contribution >= 4 is 70.6 Å². The molecule has 1 aliphatic rings. The molecule has 1 fully saturated rings. The molecular weight excluding hydrogens is 756 g/mol. The Balaban J connectivity index is 1.62. The van der Waals surface area contributed by atoms with E-state index in [2.05, 4.69) is 32.8 Å². The smallest absolute Gasteiger partial charge is 0.305 e. The van der Waals surface area contributed by atoms with Crippen LogP contribution in [0.4, 0.5) is 0 Å². The molecule has 13 nitrogen and oxygen atoms in total. The number of benzene rings is 1. The van der Waals surface area contributed by atoms with Crippen LogP contribution in [0.2, 0.25) is 0 Å². The van der Waals surface area contributed by atoms with E-state index in [4.69, 9.17) is 16.3 Å². The number of rotatable bonds is 19. The second-order valence-electron chi connectivity index (χ2n) is 13.6. The standard InChI is InChI=1S/C41H51ClN6O7S/c1-5-9-30-29(24-43-31(30)6-2)21-34(39(52)46-33(20-28-17-19-56-25-28)38(51)44-23-27-13-11-26(3)12-14-27)47-40(53)35-10-7-8-18-48(35)41(54)32(45-36(49)22-42)15-16-37(50)55-4/h5-6,9,11-14,17,19,24-25,32-35,43H,2,7-8,10,15-16,18,20-23H2,1,3-4H3,(H,44,51)(H,45,49)(H,46,52)(H,47,53)/b9-5-/t32-,33-,34-,35-/m0/s1. The molecular formula is C41H51ClN6O7S. The number of methoxy groups -OCH3 is 1.